The fourth-order valence-corrected chi connectivity index (χ4v) is 0.198. The minimum Gasteiger partial charge on any atom is -0.360 e. The highest BCUT2D eigenvalue weighted by Gasteiger charge is 2.18. The van der Waals surface area contributed by atoms with E-state index in [2.05, 4.69) is 0 Å². The molecule has 4 nitrogen and oxygen atoms in total. The summed E-state index contributed by atoms with van der Waals surface area (Å²) in [5.74, 6) is -2.33. The van der Waals surface area contributed by atoms with E-state index in [9.17, 15) is 4.79 Å². The van der Waals surface area contributed by atoms with Gasteiger partial charge >= 0.3 is 0 Å². The second kappa shape index (κ2) is 2.54. The van der Waals surface area contributed by atoms with E-state index in [0.717, 1.165) is 6.21 Å². The number of carbonyl (C=O) groups is 1. The molecular formula is C4H7NO3. The highest BCUT2D eigenvalue weighted by Crippen LogP contribution is 1.96. The van der Waals surface area contributed by atoms with Gasteiger partial charge in [-0.15, -0.1) is 0 Å². The lowest BCUT2D eigenvalue weighted by Crippen LogP contribution is -2.29. The van der Waals surface area contributed by atoms with Crippen molar-refractivity contribution in [3.8, 4) is 0 Å². The number of aliphatic hydroxyl groups is 2. The Morgan fingerprint density at radius 2 is 2.12 bits per heavy atom. The smallest absolute Gasteiger partial charge is 0.225 e. The molecule has 0 saturated carbocycles. The molecule has 0 saturated heterocycles. The van der Waals surface area contributed by atoms with Gasteiger partial charge in [0.25, 0.3) is 0 Å². The van der Waals surface area contributed by atoms with Crippen molar-refractivity contribution < 1.29 is 15.0 Å². The van der Waals surface area contributed by atoms with Crippen molar-refractivity contribution in [1.29, 1.82) is 5.41 Å². The quantitative estimate of drug-likeness (QED) is 0.249. The van der Waals surface area contributed by atoms with E-state index in [4.69, 9.17) is 15.6 Å². The monoisotopic (exact) mass is 117 g/mol. The van der Waals surface area contributed by atoms with Crippen molar-refractivity contribution in [1.82, 2.24) is 0 Å². The van der Waals surface area contributed by atoms with Crippen molar-refractivity contribution in [3.05, 3.63) is 0 Å². The van der Waals surface area contributed by atoms with Gasteiger partial charge in [-0.05, 0) is 0 Å². The average molecular weight is 117 g/mol. The molecule has 0 aliphatic rings. The molecule has 0 radical (unpaired) electrons. The van der Waals surface area contributed by atoms with E-state index in [1.807, 2.05) is 0 Å². The van der Waals surface area contributed by atoms with E-state index in [0.29, 0.717) is 0 Å². The summed E-state index contributed by atoms with van der Waals surface area (Å²) < 4.78 is 0. The van der Waals surface area contributed by atoms with Gasteiger partial charge in [0.15, 0.2) is 6.29 Å². The normalized spacial score (nSPS) is 10.8. The first-order valence-corrected chi connectivity index (χ1v) is 2.02. The van der Waals surface area contributed by atoms with Gasteiger partial charge in [0, 0.05) is 12.6 Å². The Hall–Kier alpha value is -0.740. The first-order valence-electron chi connectivity index (χ1n) is 2.02. The van der Waals surface area contributed by atoms with Gasteiger partial charge in [-0.1, -0.05) is 0 Å². The maximum atomic E-state index is 9.61. The molecule has 4 heteroatoms. The predicted molar refractivity (Wildman–Crippen MR) is 26.6 cm³/mol. The van der Waals surface area contributed by atoms with Crippen LogP contribution in [0.1, 0.15) is 6.42 Å². The molecule has 0 fully saturated rings. The van der Waals surface area contributed by atoms with Crippen LogP contribution in [0, 0.1) is 5.41 Å². The highest BCUT2D eigenvalue weighted by atomic mass is 16.5. The molecule has 0 bridgehead atoms. The van der Waals surface area contributed by atoms with Crippen molar-refractivity contribution in [2.75, 3.05) is 0 Å². The zero-order chi connectivity index (χ0) is 6.62. The van der Waals surface area contributed by atoms with Crippen molar-refractivity contribution in [3.63, 3.8) is 0 Å². The predicted octanol–water partition coefficient (Wildman–Crippen LogP) is -1.09. The summed E-state index contributed by atoms with van der Waals surface area (Å²) in [6.07, 6.45) is 0.392. The summed E-state index contributed by atoms with van der Waals surface area (Å²) in [6, 6.07) is 0. The number of rotatable bonds is 3. The van der Waals surface area contributed by atoms with Gasteiger partial charge < -0.3 is 15.6 Å². The molecule has 0 rings (SSSR count). The third-order valence-electron chi connectivity index (χ3n) is 0.591. The zero-order valence-electron chi connectivity index (χ0n) is 4.16. The molecule has 3 N–H and O–H groups in total. The average Bonchev–Trinajstić information content (AvgIpc) is 1.67. The summed E-state index contributed by atoms with van der Waals surface area (Å²) in [5, 5.41) is 23.1. The SMILES string of the molecule is N=CCC(O)(O)C=O. The van der Waals surface area contributed by atoms with Crippen molar-refractivity contribution in [2.24, 2.45) is 0 Å². The van der Waals surface area contributed by atoms with E-state index >= 15 is 0 Å². The highest BCUT2D eigenvalue weighted by molar-refractivity contribution is 5.67. The fraction of sp³-hybridized carbons (Fsp3) is 0.500. The molecule has 8 heavy (non-hydrogen) atoms. The van der Waals surface area contributed by atoms with Crippen LogP contribution in [-0.4, -0.2) is 28.5 Å². The maximum Gasteiger partial charge on any atom is 0.225 e. The van der Waals surface area contributed by atoms with Crippen LogP contribution < -0.4 is 0 Å². The number of aldehydes is 1. The van der Waals surface area contributed by atoms with Gasteiger partial charge in [0.05, 0.1) is 0 Å². The third kappa shape index (κ3) is 2.44. The Kier molecular flexibility index (Phi) is 2.30. The Bertz CT molecular complexity index is 99.5. The molecule has 46 valence electrons. The lowest BCUT2D eigenvalue weighted by atomic mass is 10.2. The number of carbonyl (C=O) groups excluding carboxylic acids is 1. The van der Waals surface area contributed by atoms with Gasteiger partial charge in [-0.3, -0.25) is 4.79 Å². The van der Waals surface area contributed by atoms with Crippen LogP contribution in [0.15, 0.2) is 0 Å². The van der Waals surface area contributed by atoms with Crippen LogP contribution in [-0.2, 0) is 4.79 Å². The molecule has 0 amide bonds. The number of hydrogen-bond acceptors (Lipinski definition) is 4. The molecule has 0 aromatic carbocycles. The molecule has 0 aromatic heterocycles. The largest absolute Gasteiger partial charge is 0.360 e. The molecule has 0 aliphatic heterocycles. The van der Waals surface area contributed by atoms with Gasteiger partial charge in [-0.2, -0.15) is 0 Å². The number of nitrogens with one attached hydrogen (secondary N) is 1. The van der Waals surface area contributed by atoms with E-state index in [1.54, 1.807) is 0 Å². The standard InChI is InChI=1S/C4H7NO3/c5-2-1-4(7,8)3-6/h2-3,5,7-8H,1H2. The lowest BCUT2D eigenvalue weighted by Gasteiger charge is -2.08. The van der Waals surface area contributed by atoms with Crippen molar-refractivity contribution >= 4 is 12.5 Å². The van der Waals surface area contributed by atoms with E-state index < -0.39 is 5.79 Å². The lowest BCUT2D eigenvalue weighted by molar-refractivity contribution is -0.165. The van der Waals surface area contributed by atoms with E-state index in [-0.39, 0.29) is 12.7 Å². The summed E-state index contributed by atoms with van der Waals surface area (Å²) in [4.78, 5) is 9.61. The third-order valence-corrected chi connectivity index (χ3v) is 0.591. The van der Waals surface area contributed by atoms with Gasteiger partial charge in [-0.25, -0.2) is 0 Å². The Balaban J connectivity index is 3.70. The van der Waals surface area contributed by atoms with E-state index in [1.165, 1.54) is 0 Å². The fourth-order valence-electron chi connectivity index (χ4n) is 0.198. The molecule has 0 unspecified atom stereocenters. The van der Waals surface area contributed by atoms with Crippen LogP contribution in [0.5, 0.6) is 0 Å². The first kappa shape index (κ1) is 7.26. The van der Waals surface area contributed by atoms with Crippen LogP contribution >= 0.6 is 0 Å². The minimum absolute atomic E-state index is 0.0158. The maximum absolute atomic E-state index is 9.61. The molecule has 0 spiro atoms. The number of hydrogen-bond donors (Lipinski definition) is 3. The molecular weight excluding hydrogens is 110 g/mol. The van der Waals surface area contributed by atoms with Crippen LogP contribution in [0.25, 0.3) is 0 Å². The second-order valence-electron chi connectivity index (χ2n) is 1.40. The van der Waals surface area contributed by atoms with Gasteiger partial charge in [0.1, 0.15) is 0 Å². The van der Waals surface area contributed by atoms with Crippen LogP contribution in [0.4, 0.5) is 0 Å². The Morgan fingerprint density at radius 3 is 2.25 bits per heavy atom. The molecule has 0 aromatic rings. The van der Waals surface area contributed by atoms with Gasteiger partial charge in [0.2, 0.25) is 5.79 Å². The summed E-state index contributed by atoms with van der Waals surface area (Å²) in [6.45, 7) is 0. The Labute approximate surface area is 46.3 Å². The minimum atomic E-state index is -2.33. The first-order chi connectivity index (χ1) is 3.62. The second-order valence-corrected chi connectivity index (χ2v) is 1.40. The van der Waals surface area contributed by atoms with Crippen molar-refractivity contribution in [2.45, 2.75) is 12.2 Å². The molecule has 0 heterocycles. The Morgan fingerprint density at radius 1 is 1.62 bits per heavy atom. The summed E-state index contributed by atoms with van der Waals surface area (Å²) >= 11 is 0. The molecule has 0 atom stereocenters. The van der Waals surface area contributed by atoms with Crippen LogP contribution in [0.3, 0.4) is 0 Å². The summed E-state index contributed by atoms with van der Waals surface area (Å²) in [5.41, 5.74) is 0. The zero-order valence-corrected chi connectivity index (χ0v) is 4.16. The molecule has 0 aliphatic carbocycles. The summed E-state index contributed by atoms with van der Waals surface area (Å²) in [7, 11) is 0. The van der Waals surface area contributed by atoms with Crippen LogP contribution in [0.2, 0.25) is 0 Å². The topological polar surface area (TPSA) is 81.4 Å².